The molecule has 1 heterocycles. The van der Waals surface area contributed by atoms with Gasteiger partial charge >= 0.3 is 5.97 Å². The lowest BCUT2D eigenvalue weighted by molar-refractivity contribution is 0.0365. The van der Waals surface area contributed by atoms with Gasteiger partial charge in [0.1, 0.15) is 0 Å². The fourth-order valence-electron chi connectivity index (χ4n) is 3.26. The van der Waals surface area contributed by atoms with Crippen molar-refractivity contribution >= 4 is 5.97 Å². The summed E-state index contributed by atoms with van der Waals surface area (Å²) in [6, 6.07) is 18.4. The highest BCUT2D eigenvalue weighted by Gasteiger charge is 2.20. The molecule has 2 aromatic rings. The Morgan fingerprint density at radius 2 is 1.69 bits per heavy atom. The van der Waals surface area contributed by atoms with Gasteiger partial charge in [-0.3, -0.25) is 4.90 Å². The summed E-state index contributed by atoms with van der Waals surface area (Å²) in [5.41, 5.74) is 3.12. The standard InChI is InChI=1S/C22H27NO3/c1-2-14-26-22(24)20-10-8-19(9-11-20)21(18-6-4-3-5-7-18)17-23-12-15-25-16-13-23/h3-11,21H,2,12-17H2,1H3. The van der Waals surface area contributed by atoms with Crippen molar-refractivity contribution in [2.75, 3.05) is 39.5 Å². The topological polar surface area (TPSA) is 38.8 Å². The lowest BCUT2D eigenvalue weighted by Gasteiger charge is -2.31. The van der Waals surface area contributed by atoms with Crippen LogP contribution in [0.5, 0.6) is 0 Å². The van der Waals surface area contributed by atoms with E-state index in [1.165, 1.54) is 11.1 Å². The largest absolute Gasteiger partial charge is 0.462 e. The second-order valence-corrected chi connectivity index (χ2v) is 6.63. The van der Waals surface area contributed by atoms with Crippen LogP contribution in [0, 0.1) is 0 Å². The van der Waals surface area contributed by atoms with Crippen molar-refractivity contribution in [2.24, 2.45) is 0 Å². The van der Waals surface area contributed by atoms with Crippen LogP contribution in [0.1, 0.15) is 40.7 Å². The van der Waals surface area contributed by atoms with Crippen LogP contribution >= 0.6 is 0 Å². The van der Waals surface area contributed by atoms with E-state index in [0.717, 1.165) is 39.3 Å². The van der Waals surface area contributed by atoms with Gasteiger partial charge in [0.2, 0.25) is 0 Å². The maximum atomic E-state index is 12.0. The highest BCUT2D eigenvalue weighted by Crippen LogP contribution is 2.26. The van der Waals surface area contributed by atoms with Crippen LogP contribution in [0.3, 0.4) is 0 Å². The molecule has 3 rings (SSSR count). The molecule has 0 aromatic heterocycles. The first-order valence-electron chi connectivity index (χ1n) is 9.40. The SMILES string of the molecule is CCCOC(=O)c1ccc(C(CN2CCOCC2)c2ccccc2)cc1. The molecule has 0 spiro atoms. The molecule has 2 aromatic carbocycles. The lowest BCUT2D eigenvalue weighted by atomic mass is 9.90. The molecule has 138 valence electrons. The molecule has 4 heteroatoms. The van der Waals surface area contributed by atoms with Crippen molar-refractivity contribution in [3.63, 3.8) is 0 Å². The Labute approximate surface area is 155 Å². The van der Waals surface area contributed by atoms with Crippen molar-refractivity contribution in [1.29, 1.82) is 0 Å². The molecule has 1 aliphatic rings. The van der Waals surface area contributed by atoms with E-state index in [4.69, 9.17) is 9.47 Å². The Morgan fingerprint density at radius 1 is 1.04 bits per heavy atom. The van der Waals surface area contributed by atoms with Crippen molar-refractivity contribution in [1.82, 2.24) is 4.90 Å². The van der Waals surface area contributed by atoms with Gasteiger partial charge in [-0.2, -0.15) is 0 Å². The van der Waals surface area contributed by atoms with Crippen molar-refractivity contribution < 1.29 is 14.3 Å². The molecule has 0 saturated carbocycles. The van der Waals surface area contributed by atoms with Crippen molar-refractivity contribution in [3.05, 3.63) is 71.3 Å². The molecule has 0 radical (unpaired) electrons. The molecule has 1 aliphatic heterocycles. The minimum atomic E-state index is -0.247. The van der Waals surface area contributed by atoms with E-state index in [2.05, 4.69) is 41.3 Å². The number of nitrogens with zero attached hydrogens (tertiary/aromatic N) is 1. The molecule has 1 unspecified atom stereocenters. The third-order valence-electron chi connectivity index (χ3n) is 4.73. The van der Waals surface area contributed by atoms with Gasteiger partial charge in [0.05, 0.1) is 25.4 Å². The van der Waals surface area contributed by atoms with Crippen LogP contribution in [0.25, 0.3) is 0 Å². The van der Waals surface area contributed by atoms with Gasteiger partial charge in [0.15, 0.2) is 0 Å². The van der Waals surface area contributed by atoms with Gasteiger partial charge in [-0.15, -0.1) is 0 Å². The van der Waals surface area contributed by atoms with E-state index >= 15 is 0 Å². The number of hydrogen-bond acceptors (Lipinski definition) is 4. The van der Waals surface area contributed by atoms with Gasteiger partial charge in [0.25, 0.3) is 0 Å². The first-order valence-corrected chi connectivity index (χ1v) is 9.40. The number of morpholine rings is 1. The highest BCUT2D eigenvalue weighted by molar-refractivity contribution is 5.89. The van der Waals surface area contributed by atoms with Crippen LogP contribution in [0.2, 0.25) is 0 Å². The number of rotatable bonds is 7. The molecule has 4 nitrogen and oxygen atoms in total. The summed E-state index contributed by atoms with van der Waals surface area (Å²) in [5, 5.41) is 0. The van der Waals surface area contributed by atoms with E-state index in [1.54, 1.807) is 0 Å². The van der Waals surface area contributed by atoms with Crippen LogP contribution in [-0.4, -0.2) is 50.3 Å². The normalized spacial score (nSPS) is 16.2. The molecule has 0 aliphatic carbocycles. The van der Waals surface area contributed by atoms with E-state index in [0.29, 0.717) is 12.2 Å². The zero-order valence-electron chi connectivity index (χ0n) is 15.4. The molecular formula is C22H27NO3. The molecule has 0 N–H and O–H groups in total. The van der Waals surface area contributed by atoms with Gasteiger partial charge in [0, 0.05) is 25.6 Å². The summed E-state index contributed by atoms with van der Waals surface area (Å²) >= 11 is 0. The monoisotopic (exact) mass is 353 g/mol. The van der Waals surface area contributed by atoms with Gasteiger partial charge in [-0.05, 0) is 29.7 Å². The number of benzene rings is 2. The Kier molecular flexibility index (Phi) is 6.81. The molecule has 0 amide bonds. The Balaban J connectivity index is 1.78. The third kappa shape index (κ3) is 4.93. The smallest absolute Gasteiger partial charge is 0.338 e. The Morgan fingerprint density at radius 3 is 2.35 bits per heavy atom. The minimum absolute atomic E-state index is 0.247. The second kappa shape index (κ2) is 9.51. The summed E-state index contributed by atoms with van der Waals surface area (Å²) in [7, 11) is 0. The molecular weight excluding hydrogens is 326 g/mol. The van der Waals surface area contributed by atoms with Gasteiger partial charge in [-0.1, -0.05) is 49.4 Å². The molecule has 1 saturated heterocycles. The van der Waals surface area contributed by atoms with Crippen LogP contribution in [0.15, 0.2) is 54.6 Å². The lowest BCUT2D eigenvalue weighted by Crippen LogP contribution is -2.39. The zero-order valence-corrected chi connectivity index (χ0v) is 15.4. The predicted molar refractivity (Wildman–Crippen MR) is 103 cm³/mol. The Hall–Kier alpha value is -2.17. The predicted octanol–water partition coefficient (Wildman–Crippen LogP) is 3.72. The molecule has 26 heavy (non-hydrogen) atoms. The first-order chi connectivity index (χ1) is 12.8. The van der Waals surface area contributed by atoms with Crippen LogP contribution in [-0.2, 0) is 9.47 Å². The Bertz CT molecular complexity index is 678. The van der Waals surface area contributed by atoms with E-state index in [9.17, 15) is 4.79 Å². The van der Waals surface area contributed by atoms with Crippen molar-refractivity contribution in [2.45, 2.75) is 19.3 Å². The van der Waals surface area contributed by atoms with Crippen LogP contribution in [0.4, 0.5) is 0 Å². The summed E-state index contributed by atoms with van der Waals surface area (Å²) in [4.78, 5) is 14.5. The summed E-state index contributed by atoms with van der Waals surface area (Å²) in [5.74, 6) is 0.0258. The van der Waals surface area contributed by atoms with E-state index < -0.39 is 0 Å². The maximum absolute atomic E-state index is 12.0. The number of hydrogen-bond donors (Lipinski definition) is 0. The van der Waals surface area contributed by atoms with E-state index in [-0.39, 0.29) is 11.9 Å². The summed E-state index contributed by atoms with van der Waals surface area (Å²) in [6.07, 6.45) is 0.833. The molecule has 0 bridgehead atoms. The fourth-order valence-corrected chi connectivity index (χ4v) is 3.26. The minimum Gasteiger partial charge on any atom is -0.462 e. The number of carbonyl (C=O) groups excluding carboxylic acids is 1. The second-order valence-electron chi connectivity index (χ2n) is 6.63. The maximum Gasteiger partial charge on any atom is 0.338 e. The summed E-state index contributed by atoms with van der Waals surface area (Å²) in [6.45, 7) is 6.92. The van der Waals surface area contributed by atoms with Gasteiger partial charge < -0.3 is 9.47 Å². The zero-order chi connectivity index (χ0) is 18.2. The van der Waals surface area contributed by atoms with Gasteiger partial charge in [-0.25, -0.2) is 4.79 Å². The summed E-state index contributed by atoms with van der Waals surface area (Å²) < 4.78 is 10.7. The number of esters is 1. The number of ether oxygens (including phenoxy) is 2. The quantitative estimate of drug-likeness (QED) is 0.711. The molecule has 1 fully saturated rings. The molecule has 1 atom stereocenters. The van der Waals surface area contributed by atoms with E-state index in [1.807, 2.05) is 25.1 Å². The number of carbonyl (C=O) groups is 1. The first kappa shape index (κ1) is 18.6. The third-order valence-corrected chi connectivity index (χ3v) is 4.73. The fraction of sp³-hybridized carbons (Fsp3) is 0.409. The average molecular weight is 353 g/mol. The van der Waals surface area contributed by atoms with Crippen molar-refractivity contribution in [3.8, 4) is 0 Å². The van der Waals surface area contributed by atoms with Crippen LogP contribution < -0.4 is 0 Å². The average Bonchev–Trinajstić information content (AvgIpc) is 2.72. The highest BCUT2D eigenvalue weighted by atomic mass is 16.5.